The molecule has 0 unspecified atom stereocenters. The Balaban J connectivity index is 1.03. The van der Waals surface area contributed by atoms with Gasteiger partial charge in [0.05, 0.1) is 27.8 Å². The van der Waals surface area contributed by atoms with Gasteiger partial charge in [-0.3, -0.25) is 4.98 Å². The van der Waals surface area contributed by atoms with Crippen molar-refractivity contribution < 1.29 is 4.42 Å². The number of para-hydroxylation sites is 3. The Morgan fingerprint density at radius 2 is 0.895 bits per heavy atom. The van der Waals surface area contributed by atoms with Crippen molar-refractivity contribution in [2.45, 2.75) is 0 Å². The molecule has 57 heavy (non-hydrogen) atoms. The van der Waals surface area contributed by atoms with Gasteiger partial charge in [0.15, 0.2) is 0 Å². The van der Waals surface area contributed by atoms with Crippen molar-refractivity contribution in [1.29, 1.82) is 0 Å². The van der Waals surface area contributed by atoms with Crippen molar-refractivity contribution in [3.05, 3.63) is 200 Å². The fourth-order valence-electron chi connectivity index (χ4n) is 8.93. The minimum Gasteiger partial charge on any atom is -0.456 e. The molecule has 0 fully saturated rings. The van der Waals surface area contributed by atoms with Crippen molar-refractivity contribution in [3.8, 4) is 44.9 Å². The van der Waals surface area contributed by atoms with Crippen LogP contribution in [-0.4, -0.2) is 14.1 Å². The molecule has 0 radical (unpaired) electrons. The van der Waals surface area contributed by atoms with Crippen LogP contribution in [0.15, 0.2) is 205 Å². The third kappa shape index (κ3) is 4.98. The van der Waals surface area contributed by atoms with Gasteiger partial charge in [-0.15, -0.1) is 0 Å². The molecule has 0 aliphatic carbocycles. The third-order valence-electron chi connectivity index (χ3n) is 11.5. The number of fused-ring (bicyclic) bond motifs is 9. The molecule has 0 N–H and O–H groups in total. The van der Waals surface area contributed by atoms with Crippen LogP contribution in [0.5, 0.6) is 0 Å². The summed E-state index contributed by atoms with van der Waals surface area (Å²) in [6.07, 6.45) is 1.86. The van der Waals surface area contributed by atoms with E-state index in [-0.39, 0.29) is 0 Å². The molecule has 0 spiro atoms. The molecule has 266 valence electrons. The molecule has 0 atom stereocenters. The van der Waals surface area contributed by atoms with Crippen molar-refractivity contribution in [1.82, 2.24) is 14.1 Å². The maximum atomic E-state index is 6.18. The summed E-state index contributed by atoms with van der Waals surface area (Å²) in [5.74, 6) is 0. The van der Waals surface area contributed by atoms with E-state index in [0.29, 0.717) is 0 Å². The topological polar surface area (TPSA) is 35.9 Å². The van der Waals surface area contributed by atoms with E-state index in [2.05, 4.69) is 185 Å². The van der Waals surface area contributed by atoms with E-state index in [1.165, 1.54) is 54.8 Å². The van der Waals surface area contributed by atoms with Crippen LogP contribution >= 0.6 is 0 Å². The minimum atomic E-state index is 0.900. The van der Waals surface area contributed by atoms with Crippen LogP contribution in [0.25, 0.3) is 110 Å². The first-order chi connectivity index (χ1) is 28.2. The third-order valence-corrected chi connectivity index (χ3v) is 11.5. The van der Waals surface area contributed by atoms with Crippen LogP contribution in [-0.2, 0) is 0 Å². The van der Waals surface area contributed by atoms with Crippen molar-refractivity contribution in [2.75, 3.05) is 0 Å². The summed E-state index contributed by atoms with van der Waals surface area (Å²) in [5, 5.41) is 7.15. The van der Waals surface area contributed by atoms with Crippen LogP contribution < -0.4 is 0 Å². The van der Waals surface area contributed by atoms with Crippen LogP contribution in [0.1, 0.15) is 0 Å². The monoisotopic (exact) mass is 727 g/mol. The number of benzene rings is 8. The molecule has 0 bridgehead atoms. The number of hydrogen-bond acceptors (Lipinski definition) is 2. The van der Waals surface area contributed by atoms with Gasteiger partial charge in [0.25, 0.3) is 0 Å². The van der Waals surface area contributed by atoms with E-state index in [9.17, 15) is 0 Å². The van der Waals surface area contributed by atoms with Crippen LogP contribution in [0.4, 0.5) is 0 Å². The van der Waals surface area contributed by atoms with Gasteiger partial charge in [-0.05, 0) is 113 Å². The van der Waals surface area contributed by atoms with E-state index in [4.69, 9.17) is 9.40 Å². The SMILES string of the molecule is c1ccc(-c2cc(-c3ccccn3)cc(-n3c4ccccc4c4cc(-c5ccc6c(c5)c5ccccc5n6-c5ccc6oc7ccccc7c6c5)ccc43)c2)cc1. The summed E-state index contributed by atoms with van der Waals surface area (Å²) in [5.41, 5.74) is 15.4. The lowest BCUT2D eigenvalue weighted by Gasteiger charge is -2.14. The van der Waals surface area contributed by atoms with Gasteiger partial charge in [0.2, 0.25) is 0 Å². The number of hydrogen-bond donors (Lipinski definition) is 0. The highest BCUT2D eigenvalue weighted by Gasteiger charge is 2.18. The Hall–Kier alpha value is -7.69. The van der Waals surface area contributed by atoms with E-state index in [0.717, 1.165) is 55.7 Å². The van der Waals surface area contributed by atoms with Gasteiger partial charge in [0, 0.05) is 55.5 Å². The molecule has 0 aliphatic rings. The second kappa shape index (κ2) is 12.4. The largest absolute Gasteiger partial charge is 0.456 e. The molecule has 4 nitrogen and oxygen atoms in total. The van der Waals surface area contributed by atoms with Gasteiger partial charge in [-0.25, -0.2) is 0 Å². The molecule has 4 heteroatoms. The van der Waals surface area contributed by atoms with Gasteiger partial charge in [-0.1, -0.05) is 103 Å². The Morgan fingerprint density at radius 3 is 1.60 bits per heavy atom. The molecule has 8 aromatic carbocycles. The quantitative estimate of drug-likeness (QED) is 0.177. The number of pyridine rings is 1. The molecular formula is C53H33N3O. The normalized spacial score (nSPS) is 11.9. The zero-order chi connectivity index (χ0) is 37.5. The summed E-state index contributed by atoms with van der Waals surface area (Å²) in [7, 11) is 0. The fourth-order valence-corrected chi connectivity index (χ4v) is 8.93. The van der Waals surface area contributed by atoms with Crippen LogP contribution in [0.2, 0.25) is 0 Å². The molecule has 12 aromatic rings. The number of rotatable bonds is 5. The highest BCUT2D eigenvalue weighted by Crippen LogP contribution is 2.40. The zero-order valence-corrected chi connectivity index (χ0v) is 30.8. The Morgan fingerprint density at radius 1 is 0.316 bits per heavy atom. The lowest BCUT2D eigenvalue weighted by atomic mass is 10.00. The van der Waals surface area contributed by atoms with E-state index in [1.54, 1.807) is 0 Å². The second-order valence-electron chi connectivity index (χ2n) is 14.8. The highest BCUT2D eigenvalue weighted by molar-refractivity contribution is 6.13. The van der Waals surface area contributed by atoms with Gasteiger partial charge < -0.3 is 13.6 Å². The molecule has 0 saturated heterocycles. The molecule has 4 aromatic heterocycles. The average Bonchev–Trinajstić information content (AvgIpc) is 3.94. The zero-order valence-electron chi connectivity index (χ0n) is 30.8. The van der Waals surface area contributed by atoms with Crippen LogP contribution in [0, 0.1) is 0 Å². The summed E-state index contributed by atoms with van der Waals surface area (Å²) in [6.45, 7) is 0. The highest BCUT2D eigenvalue weighted by atomic mass is 16.3. The first kappa shape index (κ1) is 31.6. The molecule has 0 saturated carbocycles. The van der Waals surface area contributed by atoms with Gasteiger partial charge in [0.1, 0.15) is 11.2 Å². The standard InChI is InChI=1S/C53H33N3O/c1-2-12-34(13-3-1)37-28-38(47-17-10-11-27-54-47)30-40(29-37)56-49-19-8-5-15-42(49)45-32-36(22-25-51(45)56)35-21-24-50-44(31-35)41-14-4-7-18-48(41)55(50)39-23-26-53-46(33-39)43-16-6-9-20-52(43)57-53/h1-33H. The van der Waals surface area contributed by atoms with E-state index < -0.39 is 0 Å². The summed E-state index contributed by atoms with van der Waals surface area (Å²) in [4.78, 5) is 4.74. The predicted octanol–water partition coefficient (Wildman–Crippen LogP) is 14.2. The Labute approximate surface area is 328 Å². The Bertz CT molecular complexity index is 3460. The lowest BCUT2D eigenvalue weighted by Crippen LogP contribution is -1.96. The maximum Gasteiger partial charge on any atom is 0.135 e. The van der Waals surface area contributed by atoms with Crippen molar-refractivity contribution in [3.63, 3.8) is 0 Å². The van der Waals surface area contributed by atoms with Crippen LogP contribution in [0.3, 0.4) is 0 Å². The second-order valence-corrected chi connectivity index (χ2v) is 14.8. The Kier molecular flexibility index (Phi) is 6.89. The molecule has 12 rings (SSSR count). The van der Waals surface area contributed by atoms with Crippen molar-refractivity contribution >= 4 is 65.6 Å². The molecule has 0 aliphatic heterocycles. The summed E-state index contributed by atoms with van der Waals surface area (Å²) < 4.78 is 11.0. The van der Waals surface area contributed by atoms with Crippen molar-refractivity contribution in [2.24, 2.45) is 0 Å². The lowest BCUT2D eigenvalue weighted by molar-refractivity contribution is 0.669. The van der Waals surface area contributed by atoms with E-state index >= 15 is 0 Å². The first-order valence-electron chi connectivity index (χ1n) is 19.4. The average molecular weight is 728 g/mol. The number of furan rings is 1. The first-order valence-corrected chi connectivity index (χ1v) is 19.4. The van der Waals surface area contributed by atoms with Gasteiger partial charge >= 0.3 is 0 Å². The smallest absolute Gasteiger partial charge is 0.135 e. The molecule has 0 amide bonds. The summed E-state index contributed by atoms with van der Waals surface area (Å²) in [6, 6.07) is 69.7. The molecule has 4 heterocycles. The fraction of sp³-hybridized carbons (Fsp3) is 0. The van der Waals surface area contributed by atoms with Gasteiger partial charge in [-0.2, -0.15) is 0 Å². The van der Waals surface area contributed by atoms with E-state index in [1.807, 2.05) is 24.4 Å². The summed E-state index contributed by atoms with van der Waals surface area (Å²) >= 11 is 0. The minimum absolute atomic E-state index is 0.900. The number of nitrogens with zero attached hydrogens (tertiary/aromatic N) is 3. The maximum absolute atomic E-state index is 6.18. The molecular weight excluding hydrogens is 695 g/mol. The number of aromatic nitrogens is 3. The predicted molar refractivity (Wildman–Crippen MR) is 237 cm³/mol.